The van der Waals surface area contributed by atoms with Crippen molar-refractivity contribution in [2.24, 2.45) is 0 Å². The zero-order valence-electron chi connectivity index (χ0n) is 9.56. The van der Waals surface area contributed by atoms with Gasteiger partial charge in [-0.2, -0.15) is 5.26 Å². The van der Waals surface area contributed by atoms with Crippen LogP contribution in [-0.2, 0) is 9.84 Å². The molecular formula is C11H12ClN3O2S. The summed E-state index contributed by atoms with van der Waals surface area (Å²) >= 11 is 6.02. The summed E-state index contributed by atoms with van der Waals surface area (Å²) in [6.07, 6.45) is 2.58. The summed E-state index contributed by atoms with van der Waals surface area (Å²) in [6.45, 7) is 0. The highest BCUT2D eigenvalue weighted by atomic mass is 35.5. The molecule has 18 heavy (non-hydrogen) atoms. The topological polar surface area (TPSA) is 82.8 Å². The highest BCUT2D eigenvalue weighted by Crippen LogP contribution is 2.25. The fourth-order valence-electron chi connectivity index (χ4n) is 1.86. The standard InChI is InChI=1S/C11H12ClN3O2S/c12-10-8(7-13)1-4-14-11(10)15-9-2-5-18(16,17)6-3-9/h1,4,9H,2-3,5-6H2,(H,14,15). The second-order valence-electron chi connectivity index (χ2n) is 4.20. The first-order chi connectivity index (χ1) is 8.52. The van der Waals surface area contributed by atoms with Crippen LogP contribution in [0.2, 0.25) is 5.02 Å². The van der Waals surface area contributed by atoms with E-state index in [0.29, 0.717) is 24.2 Å². The van der Waals surface area contributed by atoms with Crippen LogP contribution in [0.1, 0.15) is 18.4 Å². The van der Waals surface area contributed by atoms with Gasteiger partial charge in [-0.05, 0) is 18.9 Å². The van der Waals surface area contributed by atoms with Crippen LogP contribution >= 0.6 is 11.6 Å². The number of hydrogen-bond acceptors (Lipinski definition) is 5. The summed E-state index contributed by atoms with van der Waals surface area (Å²) in [4.78, 5) is 4.07. The van der Waals surface area contributed by atoms with Gasteiger partial charge in [-0.15, -0.1) is 0 Å². The average Bonchev–Trinajstić information content (AvgIpc) is 2.34. The first-order valence-corrected chi connectivity index (χ1v) is 7.73. The van der Waals surface area contributed by atoms with Gasteiger partial charge in [0, 0.05) is 12.2 Å². The van der Waals surface area contributed by atoms with E-state index >= 15 is 0 Å². The summed E-state index contributed by atoms with van der Waals surface area (Å²) in [6, 6.07) is 3.55. The van der Waals surface area contributed by atoms with Gasteiger partial charge in [0.05, 0.1) is 17.1 Å². The molecule has 5 nitrogen and oxygen atoms in total. The molecule has 0 aromatic carbocycles. The monoisotopic (exact) mass is 285 g/mol. The Morgan fingerprint density at radius 1 is 1.44 bits per heavy atom. The molecule has 2 heterocycles. The Morgan fingerprint density at radius 2 is 2.11 bits per heavy atom. The van der Waals surface area contributed by atoms with Crippen LogP contribution in [0.25, 0.3) is 0 Å². The molecule has 1 aromatic rings. The van der Waals surface area contributed by atoms with Crippen molar-refractivity contribution in [3.63, 3.8) is 0 Å². The number of rotatable bonds is 2. The first-order valence-electron chi connectivity index (χ1n) is 5.53. The summed E-state index contributed by atoms with van der Waals surface area (Å²) in [7, 11) is -2.88. The van der Waals surface area contributed by atoms with E-state index in [4.69, 9.17) is 16.9 Å². The van der Waals surface area contributed by atoms with Crippen LogP contribution in [0.4, 0.5) is 5.82 Å². The van der Waals surface area contributed by atoms with Crippen LogP contribution in [0.3, 0.4) is 0 Å². The van der Waals surface area contributed by atoms with Crippen molar-refractivity contribution in [1.82, 2.24) is 4.98 Å². The maximum atomic E-state index is 11.3. The van der Waals surface area contributed by atoms with Gasteiger partial charge in [-0.1, -0.05) is 11.6 Å². The van der Waals surface area contributed by atoms with Crippen LogP contribution in [0.15, 0.2) is 12.3 Å². The fraction of sp³-hybridized carbons (Fsp3) is 0.455. The molecule has 1 aromatic heterocycles. The molecule has 1 aliphatic heterocycles. The quantitative estimate of drug-likeness (QED) is 0.892. The Hall–Kier alpha value is -1.32. The number of nitrogens with one attached hydrogen (secondary N) is 1. The smallest absolute Gasteiger partial charge is 0.150 e. The Balaban J connectivity index is 2.10. The summed E-state index contributed by atoms with van der Waals surface area (Å²) < 4.78 is 22.6. The zero-order chi connectivity index (χ0) is 13.2. The van der Waals surface area contributed by atoms with Gasteiger partial charge < -0.3 is 5.32 Å². The summed E-state index contributed by atoms with van der Waals surface area (Å²) in [5.41, 5.74) is 0.359. The van der Waals surface area contributed by atoms with E-state index < -0.39 is 9.84 Å². The van der Waals surface area contributed by atoms with Crippen molar-refractivity contribution in [3.05, 3.63) is 22.8 Å². The van der Waals surface area contributed by atoms with Gasteiger partial charge in [0.15, 0.2) is 0 Å². The molecule has 1 N–H and O–H groups in total. The molecule has 0 radical (unpaired) electrons. The second-order valence-corrected chi connectivity index (χ2v) is 6.88. The zero-order valence-corrected chi connectivity index (χ0v) is 11.1. The maximum Gasteiger partial charge on any atom is 0.150 e. The normalized spacial score (nSPS) is 19.1. The highest BCUT2D eigenvalue weighted by Gasteiger charge is 2.24. The van der Waals surface area contributed by atoms with Gasteiger partial charge in [0.25, 0.3) is 0 Å². The van der Waals surface area contributed by atoms with Gasteiger partial charge in [-0.3, -0.25) is 0 Å². The lowest BCUT2D eigenvalue weighted by Gasteiger charge is -2.23. The minimum absolute atomic E-state index is 0.0347. The molecule has 1 fully saturated rings. The third kappa shape index (κ3) is 2.92. The minimum Gasteiger partial charge on any atom is -0.366 e. The Labute approximate surface area is 111 Å². The first kappa shape index (κ1) is 13.1. The van der Waals surface area contributed by atoms with E-state index in [9.17, 15) is 8.42 Å². The van der Waals surface area contributed by atoms with Crippen molar-refractivity contribution in [2.45, 2.75) is 18.9 Å². The third-order valence-corrected chi connectivity index (χ3v) is 5.00. The van der Waals surface area contributed by atoms with Crippen LogP contribution in [-0.4, -0.2) is 30.9 Å². The fourth-order valence-corrected chi connectivity index (χ4v) is 3.56. The number of nitriles is 1. The molecule has 0 amide bonds. The Morgan fingerprint density at radius 3 is 2.72 bits per heavy atom. The molecule has 2 rings (SSSR count). The minimum atomic E-state index is -2.88. The molecule has 0 unspecified atom stereocenters. The van der Waals surface area contributed by atoms with Crippen LogP contribution in [0, 0.1) is 11.3 Å². The van der Waals surface area contributed by atoms with Crippen molar-refractivity contribution >= 4 is 27.3 Å². The number of hydrogen-bond donors (Lipinski definition) is 1. The van der Waals surface area contributed by atoms with Gasteiger partial charge in [-0.25, -0.2) is 13.4 Å². The van der Waals surface area contributed by atoms with E-state index in [1.54, 1.807) is 6.07 Å². The number of anilines is 1. The number of sulfone groups is 1. The van der Waals surface area contributed by atoms with Crippen molar-refractivity contribution in [2.75, 3.05) is 16.8 Å². The predicted octanol–water partition coefficient (Wildman–Crippen LogP) is 1.60. The van der Waals surface area contributed by atoms with Crippen molar-refractivity contribution in [3.8, 4) is 6.07 Å². The largest absolute Gasteiger partial charge is 0.366 e. The van der Waals surface area contributed by atoms with E-state index in [1.807, 2.05) is 6.07 Å². The Bertz CT molecular complexity index is 581. The maximum absolute atomic E-state index is 11.3. The lowest BCUT2D eigenvalue weighted by Crippen LogP contribution is -2.32. The van der Waals surface area contributed by atoms with Gasteiger partial charge >= 0.3 is 0 Å². The average molecular weight is 286 g/mol. The molecule has 7 heteroatoms. The number of aromatic nitrogens is 1. The van der Waals surface area contributed by atoms with Crippen molar-refractivity contribution in [1.29, 1.82) is 5.26 Å². The van der Waals surface area contributed by atoms with E-state index in [1.165, 1.54) is 6.20 Å². The van der Waals surface area contributed by atoms with E-state index in [0.717, 1.165) is 0 Å². The Kier molecular flexibility index (Phi) is 3.73. The van der Waals surface area contributed by atoms with Crippen molar-refractivity contribution < 1.29 is 8.42 Å². The number of halogens is 1. The van der Waals surface area contributed by atoms with E-state index in [2.05, 4.69) is 10.3 Å². The molecular weight excluding hydrogens is 274 g/mol. The van der Waals surface area contributed by atoms with E-state index in [-0.39, 0.29) is 22.6 Å². The second kappa shape index (κ2) is 5.12. The SMILES string of the molecule is N#Cc1ccnc(NC2CCS(=O)(=O)CC2)c1Cl. The lowest BCUT2D eigenvalue weighted by molar-refractivity contribution is 0.559. The van der Waals surface area contributed by atoms with Gasteiger partial charge in [0.1, 0.15) is 26.7 Å². The number of pyridine rings is 1. The molecule has 0 atom stereocenters. The summed E-state index contributed by atoms with van der Waals surface area (Å²) in [5.74, 6) is 0.806. The highest BCUT2D eigenvalue weighted by molar-refractivity contribution is 7.91. The molecule has 0 spiro atoms. The van der Waals surface area contributed by atoms with Crippen LogP contribution in [0.5, 0.6) is 0 Å². The third-order valence-electron chi connectivity index (χ3n) is 2.91. The lowest BCUT2D eigenvalue weighted by atomic mass is 10.1. The molecule has 1 aliphatic rings. The number of nitrogens with zero attached hydrogens (tertiary/aromatic N) is 2. The molecule has 96 valence electrons. The van der Waals surface area contributed by atoms with Crippen LogP contribution < -0.4 is 5.32 Å². The molecule has 0 aliphatic carbocycles. The molecule has 1 saturated heterocycles. The molecule has 0 bridgehead atoms. The van der Waals surface area contributed by atoms with Gasteiger partial charge in [0.2, 0.25) is 0 Å². The molecule has 0 saturated carbocycles. The predicted molar refractivity (Wildman–Crippen MR) is 69.3 cm³/mol. The summed E-state index contributed by atoms with van der Waals surface area (Å²) in [5, 5.41) is 12.2.